The lowest BCUT2D eigenvalue weighted by Gasteiger charge is -2.38. The van der Waals surface area contributed by atoms with Crippen LogP contribution in [-0.4, -0.2) is 88.5 Å². The number of pyridine rings is 1. The predicted molar refractivity (Wildman–Crippen MR) is 167 cm³/mol. The number of aromatic nitrogens is 1. The van der Waals surface area contributed by atoms with Crippen molar-refractivity contribution in [1.82, 2.24) is 25.4 Å². The molecule has 3 aromatic rings. The highest BCUT2D eigenvalue weighted by Crippen LogP contribution is 2.18. The zero-order valence-corrected chi connectivity index (χ0v) is 25.9. The Morgan fingerprint density at radius 1 is 1.04 bits per heavy atom. The van der Waals surface area contributed by atoms with Crippen LogP contribution in [0.5, 0.6) is 0 Å². The number of piperazine rings is 1. The van der Waals surface area contributed by atoms with Crippen molar-refractivity contribution in [1.29, 1.82) is 0 Å². The number of nitrogens with zero attached hydrogens (tertiary/aromatic N) is 3. The van der Waals surface area contributed by atoms with E-state index >= 15 is 0 Å². The van der Waals surface area contributed by atoms with Crippen LogP contribution in [0.15, 0.2) is 60.9 Å². The number of rotatable bonds is 12. The van der Waals surface area contributed by atoms with Crippen molar-refractivity contribution < 1.29 is 28.3 Å². The Kier molecular flexibility index (Phi) is 11.7. The second-order valence-corrected chi connectivity index (χ2v) is 11.5. The fraction of sp³-hybridized carbons (Fsp3) is 0.412. The van der Waals surface area contributed by atoms with E-state index in [0.29, 0.717) is 42.9 Å². The minimum Gasteiger partial charge on any atom is -0.389 e. The Labute approximate surface area is 262 Å². The summed E-state index contributed by atoms with van der Waals surface area (Å²) >= 11 is 0. The van der Waals surface area contributed by atoms with Crippen LogP contribution in [0.1, 0.15) is 68.9 Å². The van der Waals surface area contributed by atoms with Crippen LogP contribution < -0.4 is 10.6 Å². The molecule has 240 valence electrons. The summed E-state index contributed by atoms with van der Waals surface area (Å²) in [7, 11) is 0. The number of aliphatic hydroxyl groups excluding tert-OH is 1. The third-order valence-corrected chi connectivity index (χ3v) is 7.78. The number of nitrogens with one attached hydrogen (secondary N) is 2. The second-order valence-electron chi connectivity index (χ2n) is 11.5. The molecule has 1 aliphatic rings. The Morgan fingerprint density at radius 3 is 2.38 bits per heavy atom. The lowest BCUT2D eigenvalue weighted by molar-refractivity contribution is 0.0409. The van der Waals surface area contributed by atoms with Gasteiger partial charge >= 0.3 is 0 Å². The Balaban J connectivity index is 1.59. The largest absolute Gasteiger partial charge is 0.389 e. The first-order valence-electron chi connectivity index (χ1n) is 15.4. The van der Waals surface area contributed by atoms with Gasteiger partial charge in [-0.2, -0.15) is 0 Å². The molecule has 4 rings (SSSR count). The van der Waals surface area contributed by atoms with Gasteiger partial charge in [-0.3, -0.25) is 19.4 Å². The second kappa shape index (κ2) is 15.7. The van der Waals surface area contributed by atoms with E-state index in [2.05, 4.69) is 15.6 Å². The zero-order valence-electron chi connectivity index (χ0n) is 25.9. The van der Waals surface area contributed by atoms with Gasteiger partial charge in [0.25, 0.3) is 17.7 Å². The van der Waals surface area contributed by atoms with Gasteiger partial charge in [-0.25, -0.2) is 8.78 Å². The minimum atomic E-state index is -1.25. The fourth-order valence-electron chi connectivity index (χ4n) is 5.71. The average Bonchev–Trinajstić information content (AvgIpc) is 3.03. The number of benzene rings is 2. The molecule has 0 aliphatic carbocycles. The summed E-state index contributed by atoms with van der Waals surface area (Å²) in [5.41, 5.74) is 1.96. The molecule has 0 bridgehead atoms. The predicted octanol–water partition coefficient (Wildman–Crippen LogP) is 3.75. The van der Waals surface area contributed by atoms with E-state index in [-0.39, 0.29) is 35.9 Å². The van der Waals surface area contributed by atoms with Crippen molar-refractivity contribution in [3.63, 3.8) is 0 Å². The van der Waals surface area contributed by atoms with Gasteiger partial charge in [0.15, 0.2) is 0 Å². The molecule has 1 saturated heterocycles. The van der Waals surface area contributed by atoms with Crippen molar-refractivity contribution in [3.05, 3.63) is 100 Å². The molecule has 3 N–H and O–H groups in total. The quantitative estimate of drug-likeness (QED) is 0.284. The first-order chi connectivity index (χ1) is 21.6. The normalized spacial score (nSPS) is 16.1. The topological polar surface area (TPSA) is 115 Å². The number of aliphatic hydroxyl groups is 1. The average molecular weight is 622 g/mol. The molecule has 2 aromatic carbocycles. The summed E-state index contributed by atoms with van der Waals surface area (Å²) in [6.45, 7) is 7.89. The third kappa shape index (κ3) is 8.92. The molecular weight excluding hydrogens is 580 g/mol. The van der Waals surface area contributed by atoms with Gasteiger partial charge in [0.1, 0.15) is 11.6 Å². The molecule has 0 unspecified atom stereocenters. The van der Waals surface area contributed by atoms with E-state index < -0.39 is 35.7 Å². The number of hydrogen-bond acceptors (Lipinski definition) is 6. The van der Waals surface area contributed by atoms with Crippen molar-refractivity contribution in [3.8, 4) is 0 Å². The lowest BCUT2D eigenvalue weighted by atomic mass is 9.94. The highest BCUT2D eigenvalue weighted by atomic mass is 19.1. The molecule has 0 spiro atoms. The number of halogens is 2. The summed E-state index contributed by atoms with van der Waals surface area (Å²) in [5.74, 6) is -2.52. The molecule has 1 aromatic heterocycles. The van der Waals surface area contributed by atoms with E-state index in [0.717, 1.165) is 31.0 Å². The maximum Gasteiger partial charge on any atom is 0.255 e. The van der Waals surface area contributed by atoms with Gasteiger partial charge < -0.3 is 25.5 Å². The number of aryl methyl sites for hydroxylation is 1. The number of carbonyl (C=O) groups is 3. The molecule has 0 radical (unpaired) electrons. The Morgan fingerprint density at radius 2 is 1.73 bits per heavy atom. The van der Waals surface area contributed by atoms with Crippen LogP contribution in [-0.2, 0) is 6.42 Å². The number of hydrogen-bond donors (Lipinski definition) is 3. The highest BCUT2D eigenvalue weighted by molar-refractivity contribution is 6.00. The monoisotopic (exact) mass is 621 g/mol. The summed E-state index contributed by atoms with van der Waals surface area (Å²) in [4.78, 5) is 47.5. The van der Waals surface area contributed by atoms with Crippen LogP contribution in [0.25, 0.3) is 0 Å². The minimum absolute atomic E-state index is 0.0886. The number of amides is 3. The van der Waals surface area contributed by atoms with Crippen molar-refractivity contribution in [2.24, 2.45) is 0 Å². The first kappa shape index (κ1) is 33.7. The molecular formula is C34H41F2N5O4. The van der Waals surface area contributed by atoms with Crippen molar-refractivity contribution in [2.75, 3.05) is 32.7 Å². The number of carbonyl (C=O) groups excluding carboxylic acids is 3. The zero-order chi connectivity index (χ0) is 32.5. The Hall–Kier alpha value is -4.22. The molecule has 2 heterocycles. The SMILES string of the molecule is CCCN(CCC)C(=O)c1cc(C)cc(C(=O)N[C@@H](Cc2cc(F)cc(F)c2)[C@H](O)[C@H]2CN(C(=O)c3cccnc3)CCN2)c1. The van der Waals surface area contributed by atoms with Gasteiger partial charge in [0, 0.05) is 62.3 Å². The van der Waals surface area contributed by atoms with E-state index in [4.69, 9.17) is 0 Å². The smallest absolute Gasteiger partial charge is 0.255 e. The maximum atomic E-state index is 14.1. The molecule has 45 heavy (non-hydrogen) atoms. The molecule has 3 amide bonds. The van der Waals surface area contributed by atoms with E-state index in [9.17, 15) is 28.3 Å². The van der Waals surface area contributed by atoms with Gasteiger partial charge in [-0.1, -0.05) is 13.8 Å². The summed E-state index contributed by atoms with van der Waals surface area (Å²) in [5, 5.41) is 17.7. The fourth-order valence-corrected chi connectivity index (χ4v) is 5.71. The van der Waals surface area contributed by atoms with Crippen molar-refractivity contribution in [2.45, 2.75) is 58.2 Å². The summed E-state index contributed by atoms with van der Waals surface area (Å²) in [6, 6.07) is 9.65. The van der Waals surface area contributed by atoms with E-state index in [1.165, 1.54) is 12.3 Å². The molecule has 3 atom stereocenters. The van der Waals surface area contributed by atoms with Crippen LogP contribution in [0.2, 0.25) is 0 Å². The van der Waals surface area contributed by atoms with Gasteiger partial charge in [-0.15, -0.1) is 0 Å². The van der Waals surface area contributed by atoms with Crippen LogP contribution in [0, 0.1) is 18.6 Å². The van der Waals surface area contributed by atoms with Crippen LogP contribution >= 0.6 is 0 Å². The van der Waals surface area contributed by atoms with Crippen LogP contribution in [0.4, 0.5) is 8.78 Å². The summed E-state index contributed by atoms with van der Waals surface area (Å²) < 4.78 is 28.2. The molecule has 1 fully saturated rings. The first-order valence-corrected chi connectivity index (χ1v) is 15.4. The standard InChI is InChI=1S/C34H41F2N5O4/c1-4-10-40(11-5-2)34(45)26-14-22(3)13-25(18-26)32(43)39-29(17-23-15-27(35)19-28(36)16-23)31(42)30-21-41(12-9-38-30)33(44)24-7-6-8-37-20-24/h6-8,13-16,18-20,29-31,38,42H,4-5,9-12,17,21H2,1-3H3,(H,39,43)/t29-,30+,31-/m0/s1. The molecule has 9 nitrogen and oxygen atoms in total. The molecule has 11 heteroatoms. The van der Waals surface area contributed by atoms with Crippen LogP contribution in [0.3, 0.4) is 0 Å². The van der Waals surface area contributed by atoms with E-state index in [1.54, 1.807) is 47.2 Å². The Bertz CT molecular complexity index is 1460. The van der Waals surface area contributed by atoms with Gasteiger partial charge in [0.2, 0.25) is 0 Å². The third-order valence-electron chi connectivity index (χ3n) is 7.78. The van der Waals surface area contributed by atoms with Gasteiger partial charge in [-0.05, 0) is 79.8 Å². The molecule has 0 saturated carbocycles. The van der Waals surface area contributed by atoms with Crippen molar-refractivity contribution >= 4 is 17.7 Å². The maximum absolute atomic E-state index is 14.1. The van der Waals surface area contributed by atoms with E-state index in [1.807, 2.05) is 13.8 Å². The molecule has 1 aliphatic heterocycles. The van der Waals surface area contributed by atoms with Gasteiger partial charge in [0.05, 0.1) is 23.8 Å². The highest BCUT2D eigenvalue weighted by Gasteiger charge is 2.34. The lowest BCUT2D eigenvalue weighted by Crippen LogP contribution is -2.62. The summed E-state index contributed by atoms with van der Waals surface area (Å²) in [6.07, 6.45) is 3.30.